The van der Waals surface area contributed by atoms with Gasteiger partial charge in [-0.3, -0.25) is 9.52 Å². The summed E-state index contributed by atoms with van der Waals surface area (Å²) in [4.78, 5) is 11.7. The number of methoxy groups -OCH3 is 1. The van der Waals surface area contributed by atoms with E-state index in [1.165, 1.54) is 7.11 Å². The minimum Gasteiger partial charge on any atom is -0.469 e. The van der Waals surface area contributed by atoms with Crippen LogP contribution in [0.1, 0.15) is 30.4 Å². The van der Waals surface area contributed by atoms with Crippen LogP contribution in [0, 0.1) is 19.8 Å². The van der Waals surface area contributed by atoms with Crippen molar-refractivity contribution >= 4 is 21.7 Å². The van der Waals surface area contributed by atoms with E-state index in [1.807, 2.05) is 26.0 Å². The molecule has 0 aliphatic heterocycles. The van der Waals surface area contributed by atoms with Crippen molar-refractivity contribution < 1.29 is 17.9 Å². The van der Waals surface area contributed by atoms with E-state index in [-0.39, 0.29) is 0 Å². The fraction of sp³-hybridized carbons (Fsp3) is 0.533. The molecule has 1 aliphatic carbocycles. The maximum atomic E-state index is 12.6. The minimum absolute atomic E-state index is 0.441. The first-order valence-electron chi connectivity index (χ1n) is 7.02. The highest BCUT2D eigenvalue weighted by Crippen LogP contribution is 2.33. The Morgan fingerprint density at radius 2 is 2.00 bits per heavy atom. The van der Waals surface area contributed by atoms with Crippen molar-refractivity contribution in [2.24, 2.45) is 5.92 Å². The Labute approximate surface area is 125 Å². The molecule has 5 nitrogen and oxygen atoms in total. The lowest BCUT2D eigenvalue weighted by Gasteiger charge is -2.20. The second kappa shape index (κ2) is 6.05. The van der Waals surface area contributed by atoms with Crippen molar-refractivity contribution in [3.05, 3.63) is 29.3 Å². The average Bonchev–Trinajstić information content (AvgIpc) is 2.93. The Bertz CT molecular complexity index is 639. The lowest BCUT2D eigenvalue weighted by molar-refractivity contribution is -0.145. The number of rotatable bonds is 4. The van der Waals surface area contributed by atoms with Crippen molar-refractivity contribution in [3.63, 3.8) is 0 Å². The maximum Gasteiger partial charge on any atom is 0.310 e. The molecule has 1 aliphatic rings. The third-order valence-corrected chi connectivity index (χ3v) is 6.08. The third-order valence-electron chi connectivity index (χ3n) is 4.21. The number of anilines is 1. The zero-order valence-corrected chi connectivity index (χ0v) is 13.4. The standard InChI is InChI=1S/C15H21NO4S/c1-10-6-4-8-13(11(10)2)16-21(18,19)14-9-5-7-12(14)15(17)20-3/h4,6,8,12,14,16H,5,7,9H2,1-3H3. The van der Waals surface area contributed by atoms with Crippen LogP contribution in [0.3, 0.4) is 0 Å². The molecular formula is C15H21NO4S. The molecule has 0 aromatic heterocycles. The van der Waals surface area contributed by atoms with Gasteiger partial charge in [0.15, 0.2) is 0 Å². The van der Waals surface area contributed by atoms with Gasteiger partial charge in [0.25, 0.3) is 0 Å². The molecule has 1 aromatic rings. The minimum atomic E-state index is -3.61. The summed E-state index contributed by atoms with van der Waals surface area (Å²) in [6.07, 6.45) is 1.77. The third kappa shape index (κ3) is 3.20. The summed E-state index contributed by atoms with van der Waals surface area (Å²) in [6, 6.07) is 5.48. The topological polar surface area (TPSA) is 72.5 Å². The van der Waals surface area contributed by atoms with Crippen molar-refractivity contribution in [1.82, 2.24) is 0 Å². The van der Waals surface area contributed by atoms with Crippen LogP contribution in [-0.4, -0.2) is 26.7 Å². The zero-order chi connectivity index (χ0) is 15.6. The van der Waals surface area contributed by atoms with Gasteiger partial charge in [-0.2, -0.15) is 0 Å². The van der Waals surface area contributed by atoms with Gasteiger partial charge in [-0.25, -0.2) is 8.42 Å². The smallest absolute Gasteiger partial charge is 0.310 e. The second-order valence-corrected chi connectivity index (χ2v) is 7.39. The molecule has 1 fully saturated rings. The Balaban J connectivity index is 2.26. The Hall–Kier alpha value is -1.56. The maximum absolute atomic E-state index is 12.6. The number of sulfonamides is 1. The first-order valence-corrected chi connectivity index (χ1v) is 8.57. The number of esters is 1. The Morgan fingerprint density at radius 1 is 1.29 bits per heavy atom. The monoisotopic (exact) mass is 311 g/mol. The van der Waals surface area contributed by atoms with E-state index in [1.54, 1.807) is 6.07 Å². The van der Waals surface area contributed by atoms with Crippen LogP contribution in [-0.2, 0) is 19.6 Å². The van der Waals surface area contributed by atoms with E-state index in [0.29, 0.717) is 18.5 Å². The fourth-order valence-corrected chi connectivity index (χ4v) is 4.64. The molecule has 1 N–H and O–H groups in total. The number of aryl methyl sites for hydroxylation is 1. The molecule has 0 heterocycles. The average molecular weight is 311 g/mol. The van der Waals surface area contributed by atoms with Crippen LogP contribution >= 0.6 is 0 Å². The first kappa shape index (κ1) is 15.8. The van der Waals surface area contributed by atoms with E-state index < -0.39 is 27.2 Å². The molecular weight excluding hydrogens is 290 g/mol. The molecule has 1 aromatic carbocycles. The number of carbonyl (C=O) groups is 1. The van der Waals surface area contributed by atoms with Crippen molar-refractivity contribution in [3.8, 4) is 0 Å². The van der Waals surface area contributed by atoms with Gasteiger partial charge in [0, 0.05) is 0 Å². The predicted octanol–water partition coefficient (Wildman–Crippen LogP) is 2.39. The van der Waals surface area contributed by atoms with E-state index in [9.17, 15) is 13.2 Å². The van der Waals surface area contributed by atoms with Gasteiger partial charge in [0.1, 0.15) is 0 Å². The molecule has 2 atom stereocenters. The van der Waals surface area contributed by atoms with Crippen molar-refractivity contribution in [2.45, 2.75) is 38.4 Å². The van der Waals surface area contributed by atoms with Crippen LogP contribution < -0.4 is 4.72 Å². The van der Waals surface area contributed by atoms with Gasteiger partial charge < -0.3 is 4.74 Å². The number of hydrogen-bond donors (Lipinski definition) is 1. The second-order valence-electron chi connectivity index (χ2n) is 5.49. The van der Waals surface area contributed by atoms with Gasteiger partial charge in [0.05, 0.1) is 24.0 Å². The molecule has 0 bridgehead atoms. The molecule has 116 valence electrons. The van der Waals surface area contributed by atoms with Crippen molar-refractivity contribution in [2.75, 3.05) is 11.8 Å². The lowest BCUT2D eigenvalue weighted by atomic mass is 10.1. The highest BCUT2D eigenvalue weighted by atomic mass is 32.2. The summed E-state index contributed by atoms with van der Waals surface area (Å²) in [5.74, 6) is -1.01. The van der Waals surface area contributed by atoms with Gasteiger partial charge in [-0.15, -0.1) is 0 Å². The highest BCUT2D eigenvalue weighted by Gasteiger charge is 2.42. The Kier molecular flexibility index (Phi) is 4.56. The highest BCUT2D eigenvalue weighted by molar-refractivity contribution is 7.93. The van der Waals surface area contributed by atoms with Gasteiger partial charge in [0.2, 0.25) is 10.0 Å². The molecule has 2 rings (SSSR count). The van der Waals surface area contributed by atoms with Crippen LogP contribution in [0.4, 0.5) is 5.69 Å². The SMILES string of the molecule is COC(=O)C1CCCC1S(=O)(=O)Nc1cccc(C)c1C. The number of ether oxygens (including phenoxy) is 1. The summed E-state index contributed by atoms with van der Waals surface area (Å²) < 4.78 is 32.5. The zero-order valence-electron chi connectivity index (χ0n) is 12.5. The number of carbonyl (C=O) groups excluding carboxylic acids is 1. The summed E-state index contributed by atoms with van der Waals surface area (Å²) >= 11 is 0. The number of nitrogens with one attached hydrogen (secondary N) is 1. The summed E-state index contributed by atoms with van der Waals surface area (Å²) in [5, 5.41) is -0.718. The number of benzene rings is 1. The van der Waals surface area contributed by atoms with Gasteiger partial charge >= 0.3 is 5.97 Å². The van der Waals surface area contributed by atoms with E-state index in [0.717, 1.165) is 17.5 Å². The van der Waals surface area contributed by atoms with E-state index >= 15 is 0 Å². The largest absolute Gasteiger partial charge is 0.469 e. The summed E-state index contributed by atoms with van der Waals surface area (Å²) in [7, 11) is -2.31. The van der Waals surface area contributed by atoms with Gasteiger partial charge in [-0.05, 0) is 43.9 Å². The normalized spacial score (nSPS) is 22.0. The van der Waals surface area contributed by atoms with Crippen LogP contribution in [0.15, 0.2) is 18.2 Å². The van der Waals surface area contributed by atoms with E-state index in [2.05, 4.69) is 4.72 Å². The molecule has 6 heteroatoms. The lowest BCUT2D eigenvalue weighted by Crippen LogP contribution is -2.35. The molecule has 0 spiro atoms. The van der Waals surface area contributed by atoms with Gasteiger partial charge in [-0.1, -0.05) is 18.6 Å². The predicted molar refractivity (Wildman–Crippen MR) is 81.6 cm³/mol. The van der Waals surface area contributed by atoms with Crippen LogP contribution in [0.2, 0.25) is 0 Å². The Morgan fingerprint density at radius 3 is 2.67 bits per heavy atom. The molecule has 0 radical (unpaired) electrons. The molecule has 1 saturated carbocycles. The molecule has 0 saturated heterocycles. The quantitative estimate of drug-likeness (QED) is 0.867. The van der Waals surface area contributed by atoms with Crippen LogP contribution in [0.5, 0.6) is 0 Å². The fourth-order valence-electron chi connectivity index (χ4n) is 2.81. The van der Waals surface area contributed by atoms with Crippen molar-refractivity contribution in [1.29, 1.82) is 0 Å². The molecule has 21 heavy (non-hydrogen) atoms. The summed E-state index contributed by atoms with van der Waals surface area (Å²) in [6.45, 7) is 3.81. The van der Waals surface area contributed by atoms with Crippen LogP contribution in [0.25, 0.3) is 0 Å². The summed E-state index contributed by atoms with van der Waals surface area (Å²) in [5.41, 5.74) is 2.49. The van der Waals surface area contributed by atoms with E-state index in [4.69, 9.17) is 4.74 Å². The number of hydrogen-bond acceptors (Lipinski definition) is 4. The molecule has 2 unspecified atom stereocenters. The molecule has 0 amide bonds. The first-order chi connectivity index (χ1) is 9.86.